The van der Waals surface area contributed by atoms with Crippen LogP contribution in [0, 0.1) is 11.8 Å². The van der Waals surface area contributed by atoms with Crippen LogP contribution in [0.1, 0.15) is 31.2 Å². The van der Waals surface area contributed by atoms with E-state index in [1.54, 1.807) is 7.05 Å². The van der Waals surface area contributed by atoms with E-state index < -0.39 is 19.1 Å². The normalized spacial score (nSPS) is 20.7. The number of hydrogen-bond donors (Lipinski definition) is 0. The van der Waals surface area contributed by atoms with Crippen molar-refractivity contribution >= 4 is 29.4 Å². The minimum Gasteiger partial charge on any atom is -0.454 e. The number of nitrogens with zero attached hydrogens (tertiary/aromatic N) is 3. The summed E-state index contributed by atoms with van der Waals surface area (Å²) < 4.78 is 5.04. The number of benzene rings is 1. The van der Waals surface area contributed by atoms with E-state index in [2.05, 4.69) is 0 Å². The number of carbonyl (C=O) groups is 4. The van der Waals surface area contributed by atoms with E-state index in [1.807, 2.05) is 43.3 Å². The molecule has 2 unspecified atom stereocenters. The second-order valence-corrected chi connectivity index (χ2v) is 8.23. The van der Waals surface area contributed by atoms with E-state index in [0.717, 1.165) is 29.0 Å². The van der Waals surface area contributed by atoms with E-state index in [1.165, 1.54) is 4.90 Å². The Morgan fingerprint density at radius 3 is 2.10 bits per heavy atom. The smallest absolute Gasteiger partial charge is 0.326 e. The van der Waals surface area contributed by atoms with E-state index in [9.17, 15) is 19.2 Å². The van der Waals surface area contributed by atoms with Crippen molar-refractivity contribution in [1.82, 2.24) is 9.80 Å². The monoisotopic (exact) mass is 415 g/mol. The minimum absolute atomic E-state index is 0.286. The summed E-state index contributed by atoms with van der Waals surface area (Å²) in [7, 11) is 5.54. The van der Waals surface area contributed by atoms with Gasteiger partial charge in [-0.05, 0) is 30.5 Å². The van der Waals surface area contributed by atoms with Crippen molar-refractivity contribution in [2.45, 2.75) is 32.2 Å². The number of imide groups is 1. The molecule has 8 heteroatoms. The van der Waals surface area contributed by atoms with Gasteiger partial charge in [-0.1, -0.05) is 25.0 Å². The molecular weight excluding hydrogens is 386 g/mol. The van der Waals surface area contributed by atoms with E-state index in [-0.39, 0.29) is 29.6 Å². The average Bonchev–Trinajstić information content (AvgIpc) is 2.97. The summed E-state index contributed by atoms with van der Waals surface area (Å²) in [6.45, 7) is -0.460. The minimum atomic E-state index is -0.743. The highest BCUT2D eigenvalue weighted by Crippen LogP contribution is 2.37. The van der Waals surface area contributed by atoms with Crippen LogP contribution in [0.3, 0.4) is 0 Å². The fraction of sp³-hybridized carbons (Fsp3) is 0.545. The maximum atomic E-state index is 12.4. The van der Waals surface area contributed by atoms with Crippen molar-refractivity contribution in [3.8, 4) is 0 Å². The van der Waals surface area contributed by atoms with Gasteiger partial charge in [0.1, 0.15) is 6.54 Å². The standard InChI is InChI=1S/C22H29N3O5/c1-23(2)16-10-8-15(9-11-16)12-24(3)19(26)14-30-20(27)13-25-21(28)17-6-4-5-7-18(17)22(25)29/h8-11,17-18H,4-7,12-14H2,1-3H3. The van der Waals surface area contributed by atoms with Crippen molar-refractivity contribution in [3.63, 3.8) is 0 Å². The van der Waals surface area contributed by atoms with Crippen LogP contribution in [0.25, 0.3) is 0 Å². The number of rotatable bonds is 7. The van der Waals surface area contributed by atoms with Gasteiger partial charge >= 0.3 is 5.97 Å². The van der Waals surface area contributed by atoms with Gasteiger partial charge in [-0.3, -0.25) is 24.1 Å². The number of fused-ring (bicyclic) bond motifs is 1. The Morgan fingerprint density at radius 2 is 1.57 bits per heavy atom. The maximum absolute atomic E-state index is 12.4. The third kappa shape index (κ3) is 4.80. The van der Waals surface area contributed by atoms with E-state index in [4.69, 9.17) is 4.74 Å². The first-order valence-corrected chi connectivity index (χ1v) is 10.3. The molecule has 2 atom stereocenters. The van der Waals surface area contributed by atoms with Crippen LogP contribution in [0.15, 0.2) is 24.3 Å². The number of anilines is 1. The highest BCUT2D eigenvalue weighted by atomic mass is 16.5. The number of likely N-dealkylation sites (tertiary alicyclic amines) is 1. The zero-order valence-corrected chi connectivity index (χ0v) is 17.8. The predicted molar refractivity (Wildman–Crippen MR) is 110 cm³/mol. The van der Waals surface area contributed by atoms with Gasteiger partial charge in [0.05, 0.1) is 11.8 Å². The molecule has 1 aromatic rings. The number of likely N-dealkylation sites (N-methyl/N-ethyl adjacent to an activating group) is 1. The SMILES string of the molecule is CN(Cc1ccc(N(C)C)cc1)C(=O)COC(=O)CN1C(=O)C2CCCCC2C1=O. The highest BCUT2D eigenvalue weighted by molar-refractivity contribution is 6.07. The first kappa shape index (κ1) is 21.8. The molecule has 1 heterocycles. The highest BCUT2D eigenvalue weighted by Gasteiger charge is 2.48. The molecule has 1 saturated carbocycles. The lowest BCUT2D eigenvalue weighted by atomic mass is 9.81. The molecule has 8 nitrogen and oxygen atoms in total. The van der Waals surface area contributed by atoms with Crippen LogP contribution in [-0.2, 0) is 30.5 Å². The molecule has 0 N–H and O–H groups in total. The molecule has 0 radical (unpaired) electrons. The summed E-state index contributed by atoms with van der Waals surface area (Å²) in [5, 5.41) is 0. The number of esters is 1. The largest absolute Gasteiger partial charge is 0.454 e. The summed E-state index contributed by atoms with van der Waals surface area (Å²) in [6, 6.07) is 7.81. The molecule has 0 bridgehead atoms. The van der Waals surface area contributed by atoms with Gasteiger partial charge in [-0.2, -0.15) is 0 Å². The molecule has 0 spiro atoms. The zero-order valence-electron chi connectivity index (χ0n) is 17.8. The van der Waals surface area contributed by atoms with Crippen LogP contribution in [0.5, 0.6) is 0 Å². The first-order valence-electron chi connectivity index (χ1n) is 10.3. The van der Waals surface area contributed by atoms with Gasteiger partial charge < -0.3 is 14.5 Å². The van der Waals surface area contributed by atoms with Crippen molar-refractivity contribution in [2.75, 3.05) is 39.2 Å². The van der Waals surface area contributed by atoms with Crippen molar-refractivity contribution in [2.24, 2.45) is 11.8 Å². The summed E-state index contributed by atoms with van der Waals surface area (Å²) in [5.74, 6) is -2.27. The van der Waals surface area contributed by atoms with Gasteiger partial charge in [0.15, 0.2) is 6.61 Å². The van der Waals surface area contributed by atoms with Gasteiger partial charge in [-0.15, -0.1) is 0 Å². The lowest BCUT2D eigenvalue weighted by Crippen LogP contribution is -2.38. The number of ether oxygens (including phenoxy) is 1. The molecule has 3 rings (SSSR count). The summed E-state index contributed by atoms with van der Waals surface area (Å²) in [5.41, 5.74) is 2.02. The molecule has 162 valence electrons. The molecule has 1 saturated heterocycles. The topological polar surface area (TPSA) is 87.2 Å². The Kier molecular flexibility index (Phi) is 6.74. The fourth-order valence-electron chi connectivity index (χ4n) is 4.08. The lowest BCUT2D eigenvalue weighted by Gasteiger charge is -2.19. The zero-order chi connectivity index (χ0) is 21.8. The number of hydrogen-bond acceptors (Lipinski definition) is 6. The molecule has 0 aromatic heterocycles. The van der Waals surface area contributed by atoms with Crippen molar-refractivity contribution < 1.29 is 23.9 Å². The second kappa shape index (κ2) is 9.28. The van der Waals surface area contributed by atoms with Gasteiger partial charge in [0.2, 0.25) is 11.8 Å². The van der Waals surface area contributed by atoms with E-state index >= 15 is 0 Å². The molecule has 2 fully saturated rings. The Hall–Kier alpha value is -2.90. The third-order valence-corrected chi connectivity index (χ3v) is 5.87. The molecule has 1 aliphatic heterocycles. The maximum Gasteiger partial charge on any atom is 0.326 e. The van der Waals surface area contributed by atoms with Gasteiger partial charge in [0, 0.05) is 33.4 Å². The van der Waals surface area contributed by atoms with Crippen LogP contribution >= 0.6 is 0 Å². The van der Waals surface area contributed by atoms with Crippen LogP contribution in [-0.4, -0.2) is 67.8 Å². The summed E-state index contributed by atoms with van der Waals surface area (Å²) >= 11 is 0. The molecule has 3 amide bonds. The van der Waals surface area contributed by atoms with Gasteiger partial charge in [-0.25, -0.2) is 0 Å². The predicted octanol–water partition coefficient (Wildman–Crippen LogP) is 1.43. The lowest BCUT2D eigenvalue weighted by molar-refractivity contribution is -0.156. The fourth-order valence-corrected chi connectivity index (χ4v) is 4.08. The van der Waals surface area contributed by atoms with Crippen molar-refractivity contribution in [3.05, 3.63) is 29.8 Å². The Bertz CT molecular complexity index is 797. The van der Waals surface area contributed by atoms with Crippen molar-refractivity contribution in [1.29, 1.82) is 0 Å². The Balaban J connectivity index is 1.46. The average molecular weight is 415 g/mol. The first-order chi connectivity index (χ1) is 14.3. The molecule has 30 heavy (non-hydrogen) atoms. The molecule has 2 aliphatic rings. The Morgan fingerprint density at radius 1 is 1.00 bits per heavy atom. The summed E-state index contributed by atoms with van der Waals surface area (Å²) in [4.78, 5) is 53.7. The van der Waals surface area contributed by atoms with E-state index in [0.29, 0.717) is 19.4 Å². The van der Waals surface area contributed by atoms with Gasteiger partial charge in [0.25, 0.3) is 5.91 Å². The summed E-state index contributed by atoms with van der Waals surface area (Å²) in [6.07, 6.45) is 3.24. The quantitative estimate of drug-likeness (QED) is 0.495. The third-order valence-electron chi connectivity index (χ3n) is 5.87. The van der Waals surface area contributed by atoms with Crippen LogP contribution < -0.4 is 4.90 Å². The number of carbonyl (C=O) groups excluding carboxylic acids is 4. The Labute approximate surface area is 176 Å². The number of amides is 3. The second-order valence-electron chi connectivity index (χ2n) is 8.23. The molecular formula is C22H29N3O5. The molecule has 1 aliphatic carbocycles. The van der Waals surface area contributed by atoms with Crippen LogP contribution in [0.4, 0.5) is 5.69 Å². The molecule has 1 aromatic carbocycles. The van der Waals surface area contributed by atoms with Crippen LogP contribution in [0.2, 0.25) is 0 Å².